The Hall–Kier alpha value is -2.50. The van der Waals surface area contributed by atoms with Gasteiger partial charge in [0.2, 0.25) is 11.8 Å². The second-order valence-corrected chi connectivity index (χ2v) is 8.73. The molecule has 2 aromatic rings. The Morgan fingerprint density at radius 2 is 1.72 bits per heavy atom. The van der Waals surface area contributed by atoms with Gasteiger partial charge in [-0.1, -0.05) is 32.6 Å². The van der Waals surface area contributed by atoms with Gasteiger partial charge in [-0.15, -0.1) is 0 Å². The van der Waals surface area contributed by atoms with Crippen LogP contribution < -0.4 is 9.64 Å². The van der Waals surface area contributed by atoms with Crippen LogP contribution in [0.15, 0.2) is 18.2 Å². The number of fused-ring (bicyclic) bond motifs is 1. The summed E-state index contributed by atoms with van der Waals surface area (Å²) in [6.07, 6.45) is 7.89. The fourth-order valence-electron chi connectivity index (χ4n) is 4.21. The summed E-state index contributed by atoms with van der Waals surface area (Å²) in [6.45, 7) is 7.40. The van der Waals surface area contributed by atoms with E-state index < -0.39 is 0 Å². The summed E-state index contributed by atoms with van der Waals surface area (Å²) >= 11 is 0. The third-order valence-corrected chi connectivity index (χ3v) is 6.36. The molecular weight excluding hydrogens is 402 g/mol. The molecule has 0 saturated carbocycles. The molecule has 0 unspecified atom stereocenters. The van der Waals surface area contributed by atoms with Gasteiger partial charge in [-0.2, -0.15) is 0 Å². The number of hydrogen-bond acceptors (Lipinski definition) is 3. The van der Waals surface area contributed by atoms with E-state index in [0.717, 1.165) is 79.5 Å². The van der Waals surface area contributed by atoms with Crippen LogP contribution in [0.5, 0.6) is 5.75 Å². The van der Waals surface area contributed by atoms with E-state index in [1.807, 2.05) is 42.1 Å². The molecular formula is C26H41N3O3. The van der Waals surface area contributed by atoms with Gasteiger partial charge >= 0.3 is 0 Å². The Morgan fingerprint density at radius 1 is 1.03 bits per heavy atom. The number of ether oxygens (including phenoxy) is 1. The van der Waals surface area contributed by atoms with Crippen LogP contribution in [0.4, 0.5) is 5.69 Å². The van der Waals surface area contributed by atoms with Crippen LogP contribution in [0.25, 0.3) is 10.9 Å². The molecule has 6 heteroatoms. The number of carbonyl (C=O) groups is 2. The summed E-state index contributed by atoms with van der Waals surface area (Å²) in [4.78, 5) is 28.4. The van der Waals surface area contributed by atoms with E-state index in [9.17, 15) is 9.59 Å². The van der Waals surface area contributed by atoms with E-state index in [-0.39, 0.29) is 11.8 Å². The lowest BCUT2D eigenvalue weighted by molar-refractivity contribution is -0.130. The molecule has 0 aliphatic carbocycles. The highest BCUT2D eigenvalue weighted by molar-refractivity contribution is 6.04. The second kappa shape index (κ2) is 12.5. The highest BCUT2D eigenvalue weighted by Gasteiger charge is 2.21. The topological polar surface area (TPSA) is 54.8 Å². The molecule has 0 saturated heterocycles. The summed E-state index contributed by atoms with van der Waals surface area (Å²) in [5, 5.41) is 1.05. The monoisotopic (exact) mass is 443 g/mol. The molecule has 178 valence electrons. The molecule has 0 radical (unpaired) electrons. The van der Waals surface area contributed by atoms with Gasteiger partial charge in [0.1, 0.15) is 5.75 Å². The molecule has 2 rings (SSSR count). The quantitative estimate of drug-likeness (QED) is 0.387. The largest absolute Gasteiger partial charge is 0.497 e. The number of rotatable bonds is 13. The minimum atomic E-state index is 0.0594. The van der Waals surface area contributed by atoms with Crippen LogP contribution in [0.3, 0.4) is 0 Å². The van der Waals surface area contributed by atoms with Crippen molar-refractivity contribution in [2.75, 3.05) is 32.1 Å². The Kier molecular flexibility index (Phi) is 10.1. The molecule has 0 fully saturated rings. The molecule has 0 atom stereocenters. The number of aryl methyl sites for hydroxylation is 1. The van der Waals surface area contributed by atoms with Crippen molar-refractivity contribution in [1.29, 1.82) is 0 Å². The lowest BCUT2D eigenvalue weighted by Crippen LogP contribution is -2.30. The fraction of sp³-hybridized carbons (Fsp3) is 0.615. The van der Waals surface area contributed by atoms with Gasteiger partial charge in [0, 0.05) is 51.6 Å². The van der Waals surface area contributed by atoms with E-state index in [1.54, 1.807) is 14.0 Å². The van der Waals surface area contributed by atoms with Crippen molar-refractivity contribution in [3.8, 4) is 5.75 Å². The van der Waals surface area contributed by atoms with Crippen molar-refractivity contribution in [2.24, 2.45) is 7.05 Å². The zero-order valence-electron chi connectivity index (χ0n) is 20.9. The van der Waals surface area contributed by atoms with E-state index in [0.29, 0.717) is 13.0 Å². The van der Waals surface area contributed by atoms with Crippen LogP contribution in [0, 0.1) is 6.92 Å². The maximum Gasteiger partial charge on any atom is 0.223 e. The van der Waals surface area contributed by atoms with Crippen molar-refractivity contribution >= 4 is 28.4 Å². The van der Waals surface area contributed by atoms with Crippen molar-refractivity contribution in [2.45, 2.75) is 72.1 Å². The summed E-state index contributed by atoms with van der Waals surface area (Å²) in [7, 11) is 5.60. The number of methoxy groups -OCH3 is 1. The number of anilines is 1. The number of benzene rings is 1. The summed E-state index contributed by atoms with van der Waals surface area (Å²) < 4.78 is 7.55. The average Bonchev–Trinajstić information content (AvgIpc) is 3.02. The van der Waals surface area contributed by atoms with Crippen LogP contribution >= 0.6 is 0 Å². The smallest absolute Gasteiger partial charge is 0.223 e. The molecule has 32 heavy (non-hydrogen) atoms. The van der Waals surface area contributed by atoms with Gasteiger partial charge in [-0.3, -0.25) is 9.59 Å². The number of amides is 2. The number of unbranched alkanes of at least 4 members (excludes halogenated alkanes) is 5. The predicted molar refractivity (Wildman–Crippen MR) is 132 cm³/mol. The summed E-state index contributed by atoms with van der Waals surface area (Å²) in [5.74, 6) is 1.11. The lowest BCUT2D eigenvalue weighted by Gasteiger charge is -2.22. The first-order valence-corrected chi connectivity index (χ1v) is 12.0. The Labute approximate surface area is 193 Å². The SMILES string of the molecule is CCCCN(C)C(=O)CCCCCCCN(C(C)=O)c1c(C)n(C)c2ccc(OC)cc12. The number of aromatic nitrogens is 1. The van der Waals surface area contributed by atoms with Crippen molar-refractivity contribution in [1.82, 2.24) is 9.47 Å². The molecule has 0 N–H and O–H groups in total. The second-order valence-electron chi connectivity index (χ2n) is 8.73. The van der Waals surface area contributed by atoms with Crippen LogP contribution in [0.1, 0.15) is 70.9 Å². The van der Waals surface area contributed by atoms with E-state index >= 15 is 0 Å². The van der Waals surface area contributed by atoms with Crippen LogP contribution in [0.2, 0.25) is 0 Å². The van der Waals surface area contributed by atoms with E-state index in [4.69, 9.17) is 4.74 Å². The van der Waals surface area contributed by atoms with Gasteiger partial charge in [0.05, 0.1) is 18.3 Å². The standard InChI is InChI=1S/C26H41N3O3/c1-7-8-17-27(4)25(31)14-12-10-9-11-13-18-29(21(3)30)26-20(2)28(5)24-16-15-22(32-6)19-23(24)26/h15-16,19H,7-14,17-18H2,1-6H3. The van der Waals surface area contributed by atoms with Gasteiger partial charge in [0.25, 0.3) is 0 Å². The van der Waals surface area contributed by atoms with Crippen molar-refractivity contribution in [3.05, 3.63) is 23.9 Å². The third kappa shape index (κ3) is 6.50. The number of nitrogens with zero attached hydrogens (tertiary/aromatic N) is 3. The molecule has 6 nitrogen and oxygen atoms in total. The van der Waals surface area contributed by atoms with Gasteiger partial charge in [-0.05, 0) is 44.4 Å². The first kappa shape index (κ1) is 25.8. The minimum Gasteiger partial charge on any atom is -0.497 e. The van der Waals surface area contributed by atoms with Gasteiger partial charge < -0.3 is 19.1 Å². The van der Waals surface area contributed by atoms with Crippen LogP contribution in [-0.2, 0) is 16.6 Å². The molecule has 0 spiro atoms. The van der Waals surface area contributed by atoms with Crippen LogP contribution in [-0.4, -0.2) is 48.5 Å². The van der Waals surface area contributed by atoms with E-state index in [2.05, 4.69) is 18.4 Å². The zero-order valence-corrected chi connectivity index (χ0v) is 20.9. The average molecular weight is 444 g/mol. The normalized spacial score (nSPS) is 11.1. The van der Waals surface area contributed by atoms with Crippen molar-refractivity contribution < 1.29 is 14.3 Å². The molecule has 0 aliphatic heterocycles. The summed E-state index contributed by atoms with van der Waals surface area (Å²) in [5.41, 5.74) is 3.15. The van der Waals surface area contributed by atoms with Gasteiger partial charge in [0.15, 0.2) is 0 Å². The molecule has 1 aromatic carbocycles. The molecule has 1 aromatic heterocycles. The molecule has 1 heterocycles. The molecule has 2 amide bonds. The number of carbonyl (C=O) groups excluding carboxylic acids is 2. The molecule has 0 bridgehead atoms. The predicted octanol–water partition coefficient (Wildman–Crippen LogP) is 5.45. The zero-order chi connectivity index (χ0) is 23.7. The van der Waals surface area contributed by atoms with Crippen molar-refractivity contribution in [3.63, 3.8) is 0 Å². The highest BCUT2D eigenvalue weighted by atomic mass is 16.5. The van der Waals surface area contributed by atoms with E-state index in [1.165, 1.54) is 0 Å². The summed E-state index contributed by atoms with van der Waals surface area (Å²) in [6, 6.07) is 6.02. The molecule has 0 aliphatic rings. The maximum atomic E-state index is 12.5. The fourth-order valence-corrected chi connectivity index (χ4v) is 4.21. The Morgan fingerprint density at radius 3 is 2.38 bits per heavy atom. The lowest BCUT2D eigenvalue weighted by atomic mass is 10.1. The third-order valence-electron chi connectivity index (χ3n) is 6.36. The van der Waals surface area contributed by atoms with Gasteiger partial charge in [-0.25, -0.2) is 0 Å². The first-order chi connectivity index (χ1) is 15.3. The highest BCUT2D eigenvalue weighted by Crippen LogP contribution is 2.35. The minimum absolute atomic E-state index is 0.0594. The Bertz CT molecular complexity index is 903. The Balaban J connectivity index is 1.89. The number of hydrogen-bond donors (Lipinski definition) is 0. The first-order valence-electron chi connectivity index (χ1n) is 12.0. The maximum absolute atomic E-state index is 12.5.